The minimum atomic E-state index is -1.54. The molecule has 1 fully saturated rings. The van der Waals surface area contributed by atoms with E-state index in [2.05, 4.69) is 10.3 Å². The molecule has 3 nitrogen and oxygen atoms in total. The highest BCUT2D eigenvalue weighted by atomic mass is 32.1. The second-order valence-electron chi connectivity index (χ2n) is 5.53. The summed E-state index contributed by atoms with van der Waals surface area (Å²) in [5.41, 5.74) is -0.250. The Labute approximate surface area is 129 Å². The summed E-state index contributed by atoms with van der Waals surface area (Å²) in [4.78, 5) is 16.1. The predicted octanol–water partition coefficient (Wildman–Crippen LogP) is 4.62. The smallest absolute Gasteiger partial charge is 0.229 e. The van der Waals surface area contributed by atoms with Gasteiger partial charge in [0.2, 0.25) is 5.91 Å². The predicted molar refractivity (Wildman–Crippen MR) is 79.3 cm³/mol. The van der Waals surface area contributed by atoms with E-state index in [0.717, 1.165) is 55.9 Å². The van der Waals surface area contributed by atoms with Gasteiger partial charge in [0, 0.05) is 5.92 Å². The maximum Gasteiger partial charge on any atom is 0.229 e. The van der Waals surface area contributed by atoms with Crippen LogP contribution in [-0.4, -0.2) is 10.9 Å². The number of carbonyl (C=O) groups excluding carboxylic acids is 1. The summed E-state index contributed by atoms with van der Waals surface area (Å²) < 4.78 is 40.2. The zero-order valence-corrected chi connectivity index (χ0v) is 12.6. The third-order valence-corrected chi connectivity index (χ3v) is 4.90. The lowest BCUT2D eigenvalue weighted by atomic mass is 10.00. The van der Waals surface area contributed by atoms with Crippen LogP contribution in [0.3, 0.4) is 0 Å². The molecule has 118 valence electrons. The van der Waals surface area contributed by atoms with Crippen molar-refractivity contribution in [2.24, 2.45) is 5.92 Å². The van der Waals surface area contributed by atoms with Crippen LogP contribution in [0, 0.1) is 23.4 Å². The van der Waals surface area contributed by atoms with E-state index < -0.39 is 17.5 Å². The van der Waals surface area contributed by atoms with E-state index in [1.54, 1.807) is 0 Å². The van der Waals surface area contributed by atoms with Gasteiger partial charge in [-0.15, -0.1) is 0 Å². The fourth-order valence-corrected chi connectivity index (χ4v) is 3.67. The van der Waals surface area contributed by atoms with Crippen LogP contribution in [0.25, 0.3) is 10.2 Å². The van der Waals surface area contributed by atoms with Crippen molar-refractivity contribution in [2.45, 2.75) is 38.5 Å². The number of fused-ring (bicyclic) bond motifs is 1. The molecule has 0 saturated heterocycles. The highest BCUT2D eigenvalue weighted by Crippen LogP contribution is 2.31. The number of thiazole rings is 1. The summed E-state index contributed by atoms with van der Waals surface area (Å²) in [5.74, 6) is -4.34. The summed E-state index contributed by atoms with van der Waals surface area (Å²) in [6.07, 6.45) is 5.96. The lowest BCUT2D eigenvalue weighted by Gasteiger charge is -2.12. The summed E-state index contributed by atoms with van der Waals surface area (Å²) >= 11 is 0.942. The van der Waals surface area contributed by atoms with Crippen LogP contribution in [0.1, 0.15) is 38.5 Å². The number of nitrogens with one attached hydrogen (secondary N) is 1. The summed E-state index contributed by atoms with van der Waals surface area (Å²) in [7, 11) is 0. The van der Waals surface area contributed by atoms with Crippen molar-refractivity contribution in [3.05, 3.63) is 23.5 Å². The minimum absolute atomic E-state index is 0.0761. The number of anilines is 1. The van der Waals surface area contributed by atoms with Gasteiger partial charge in [-0.3, -0.25) is 4.79 Å². The van der Waals surface area contributed by atoms with E-state index in [9.17, 15) is 18.0 Å². The zero-order valence-electron chi connectivity index (χ0n) is 11.8. The zero-order chi connectivity index (χ0) is 15.7. The molecule has 1 aromatic heterocycles. The van der Waals surface area contributed by atoms with Gasteiger partial charge in [-0.25, -0.2) is 18.2 Å². The normalized spacial score (nSPS) is 16.7. The molecule has 7 heteroatoms. The third-order valence-electron chi connectivity index (χ3n) is 3.98. The van der Waals surface area contributed by atoms with Crippen molar-refractivity contribution in [1.82, 2.24) is 4.98 Å². The second-order valence-corrected chi connectivity index (χ2v) is 6.56. The Morgan fingerprint density at radius 3 is 2.50 bits per heavy atom. The molecule has 1 aromatic carbocycles. The van der Waals surface area contributed by atoms with Gasteiger partial charge in [0.25, 0.3) is 0 Å². The molecular weight excluding hydrogens is 313 g/mol. The fourth-order valence-electron chi connectivity index (χ4n) is 2.78. The van der Waals surface area contributed by atoms with Crippen molar-refractivity contribution in [3.8, 4) is 0 Å². The molecule has 0 bridgehead atoms. The van der Waals surface area contributed by atoms with Gasteiger partial charge in [0.15, 0.2) is 22.6 Å². The first-order chi connectivity index (χ1) is 10.6. The Balaban J connectivity index is 1.82. The van der Waals surface area contributed by atoms with E-state index in [1.165, 1.54) is 0 Å². The molecule has 1 saturated carbocycles. The van der Waals surface area contributed by atoms with Crippen LogP contribution in [0.2, 0.25) is 0 Å². The SMILES string of the molecule is O=C(Nc1nc2c(F)c(F)c(F)cc2s1)C1CCCCCC1. The lowest BCUT2D eigenvalue weighted by molar-refractivity contribution is -0.120. The Kier molecular flexibility index (Phi) is 4.33. The standard InChI is InChI=1S/C15H15F3N2OS/c16-9-7-10-13(12(18)11(9)17)19-15(22-10)20-14(21)8-5-3-1-2-4-6-8/h7-8H,1-6H2,(H,19,20,21). The number of rotatable bonds is 2. The quantitative estimate of drug-likeness (QED) is 0.645. The first-order valence-corrected chi connectivity index (χ1v) is 8.13. The lowest BCUT2D eigenvalue weighted by Crippen LogP contribution is -2.22. The topological polar surface area (TPSA) is 42.0 Å². The Hall–Kier alpha value is -1.63. The highest BCUT2D eigenvalue weighted by Gasteiger charge is 2.22. The summed E-state index contributed by atoms with van der Waals surface area (Å²) in [6.45, 7) is 0. The van der Waals surface area contributed by atoms with Gasteiger partial charge in [-0.05, 0) is 18.9 Å². The minimum Gasteiger partial charge on any atom is -0.302 e. The summed E-state index contributed by atoms with van der Waals surface area (Å²) in [5, 5.41) is 2.83. The molecule has 1 aliphatic carbocycles. The average Bonchev–Trinajstić information content (AvgIpc) is 2.73. The van der Waals surface area contributed by atoms with Gasteiger partial charge in [-0.1, -0.05) is 37.0 Å². The molecule has 1 N–H and O–H groups in total. The fraction of sp³-hybridized carbons (Fsp3) is 0.467. The molecule has 1 amide bonds. The Morgan fingerprint density at radius 1 is 1.14 bits per heavy atom. The van der Waals surface area contributed by atoms with E-state index in [0.29, 0.717) is 0 Å². The van der Waals surface area contributed by atoms with Crippen molar-refractivity contribution in [3.63, 3.8) is 0 Å². The molecule has 3 rings (SSSR count). The first-order valence-electron chi connectivity index (χ1n) is 7.31. The Bertz CT molecular complexity index is 708. The van der Waals surface area contributed by atoms with Gasteiger partial charge < -0.3 is 5.32 Å². The maximum atomic E-state index is 13.6. The second kappa shape index (κ2) is 6.24. The molecule has 0 aliphatic heterocycles. The number of hydrogen-bond donors (Lipinski definition) is 1. The summed E-state index contributed by atoms with van der Waals surface area (Å²) in [6, 6.07) is 0.896. The number of nitrogens with zero attached hydrogens (tertiary/aromatic N) is 1. The van der Waals surface area contributed by atoms with Gasteiger partial charge in [-0.2, -0.15) is 0 Å². The molecule has 2 aromatic rings. The van der Waals surface area contributed by atoms with Crippen LogP contribution < -0.4 is 5.32 Å². The van der Waals surface area contributed by atoms with Gasteiger partial charge in [0.05, 0.1) is 4.70 Å². The van der Waals surface area contributed by atoms with Crippen molar-refractivity contribution >= 4 is 32.6 Å². The van der Waals surface area contributed by atoms with Crippen LogP contribution in [0.5, 0.6) is 0 Å². The monoisotopic (exact) mass is 328 g/mol. The van der Waals surface area contributed by atoms with E-state index in [1.807, 2.05) is 0 Å². The van der Waals surface area contributed by atoms with E-state index in [4.69, 9.17) is 0 Å². The maximum absolute atomic E-state index is 13.6. The van der Waals surface area contributed by atoms with Crippen LogP contribution in [0.4, 0.5) is 18.3 Å². The van der Waals surface area contributed by atoms with Crippen molar-refractivity contribution in [1.29, 1.82) is 0 Å². The third kappa shape index (κ3) is 2.95. The number of halogens is 3. The molecule has 0 unspecified atom stereocenters. The first kappa shape index (κ1) is 15.3. The van der Waals surface area contributed by atoms with Gasteiger partial charge in [0.1, 0.15) is 5.52 Å². The molecule has 0 radical (unpaired) electrons. The van der Waals surface area contributed by atoms with Crippen LogP contribution in [-0.2, 0) is 4.79 Å². The average molecular weight is 328 g/mol. The number of aromatic nitrogens is 1. The number of carbonyl (C=O) groups is 1. The molecule has 0 spiro atoms. The van der Waals surface area contributed by atoms with Crippen molar-refractivity contribution < 1.29 is 18.0 Å². The van der Waals surface area contributed by atoms with Gasteiger partial charge >= 0.3 is 0 Å². The molecule has 1 heterocycles. The number of hydrogen-bond acceptors (Lipinski definition) is 3. The molecular formula is C15H15F3N2OS. The molecule has 1 aliphatic rings. The van der Waals surface area contributed by atoms with Crippen LogP contribution in [0.15, 0.2) is 6.07 Å². The number of benzene rings is 1. The molecule has 22 heavy (non-hydrogen) atoms. The largest absolute Gasteiger partial charge is 0.302 e. The Morgan fingerprint density at radius 2 is 1.82 bits per heavy atom. The number of amides is 1. The van der Waals surface area contributed by atoms with E-state index in [-0.39, 0.29) is 27.2 Å². The van der Waals surface area contributed by atoms with E-state index >= 15 is 0 Å². The van der Waals surface area contributed by atoms with Crippen LogP contribution >= 0.6 is 11.3 Å². The molecule has 0 atom stereocenters. The highest BCUT2D eigenvalue weighted by molar-refractivity contribution is 7.22. The van der Waals surface area contributed by atoms with Crippen molar-refractivity contribution in [2.75, 3.05) is 5.32 Å².